The molecular weight excluding hydrogens is 278 g/mol. The second-order valence-electron chi connectivity index (χ2n) is 5.19. The zero-order valence-electron chi connectivity index (χ0n) is 11.8. The van der Waals surface area contributed by atoms with Crippen LogP contribution in [0.15, 0.2) is 23.4 Å². The second kappa shape index (κ2) is 5.49. The number of sulfonamides is 1. The highest BCUT2D eigenvalue weighted by Crippen LogP contribution is 2.26. The molecule has 0 aliphatic carbocycles. The first kappa shape index (κ1) is 14.9. The Morgan fingerprint density at radius 3 is 2.55 bits per heavy atom. The van der Waals surface area contributed by atoms with Crippen molar-refractivity contribution in [2.24, 2.45) is 5.92 Å². The number of rotatable bonds is 4. The van der Waals surface area contributed by atoms with E-state index in [4.69, 9.17) is 0 Å². The standard InChI is InChI=1S/C13H19N3O3S/c1-9(2)11-6-7-16(11)13(17)10-4-5-12(15-8-10)20(18,19)14-3/h4-5,8-9,11,14H,6-7H2,1-3H3. The summed E-state index contributed by atoms with van der Waals surface area (Å²) in [6, 6.07) is 3.13. The zero-order valence-corrected chi connectivity index (χ0v) is 12.6. The molecule has 2 rings (SSSR count). The molecule has 1 fully saturated rings. The molecule has 1 aromatic rings. The third-order valence-electron chi connectivity index (χ3n) is 3.62. The van der Waals surface area contributed by atoms with Crippen molar-refractivity contribution in [2.75, 3.05) is 13.6 Å². The maximum atomic E-state index is 12.3. The first-order valence-electron chi connectivity index (χ1n) is 6.57. The van der Waals surface area contributed by atoms with Crippen LogP contribution in [0, 0.1) is 5.92 Å². The van der Waals surface area contributed by atoms with Gasteiger partial charge in [0.1, 0.15) is 0 Å². The minimum Gasteiger partial charge on any atom is -0.335 e. The molecular formula is C13H19N3O3S. The molecule has 1 atom stereocenters. The van der Waals surface area contributed by atoms with Crippen molar-refractivity contribution in [3.05, 3.63) is 23.9 Å². The summed E-state index contributed by atoms with van der Waals surface area (Å²) in [4.78, 5) is 18.0. The van der Waals surface area contributed by atoms with Crippen molar-refractivity contribution < 1.29 is 13.2 Å². The predicted octanol–water partition coefficient (Wildman–Crippen LogP) is 0.860. The van der Waals surface area contributed by atoms with Gasteiger partial charge in [-0.05, 0) is 31.5 Å². The van der Waals surface area contributed by atoms with Crippen LogP contribution >= 0.6 is 0 Å². The molecule has 2 heterocycles. The number of carbonyl (C=O) groups is 1. The lowest BCUT2D eigenvalue weighted by atomic mass is 9.91. The first-order valence-corrected chi connectivity index (χ1v) is 8.05. The molecule has 1 aliphatic heterocycles. The molecule has 0 saturated carbocycles. The van der Waals surface area contributed by atoms with E-state index in [-0.39, 0.29) is 17.0 Å². The smallest absolute Gasteiger partial charge is 0.257 e. The first-order chi connectivity index (χ1) is 9.36. The van der Waals surface area contributed by atoms with Gasteiger partial charge in [-0.1, -0.05) is 13.8 Å². The second-order valence-corrected chi connectivity index (χ2v) is 7.02. The van der Waals surface area contributed by atoms with Crippen LogP contribution in [-0.4, -0.2) is 43.8 Å². The van der Waals surface area contributed by atoms with Crippen molar-refractivity contribution in [3.8, 4) is 0 Å². The van der Waals surface area contributed by atoms with Gasteiger partial charge in [-0.15, -0.1) is 0 Å². The summed E-state index contributed by atoms with van der Waals surface area (Å²) >= 11 is 0. The summed E-state index contributed by atoms with van der Waals surface area (Å²) in [6.07, 6.45) is 2.34. The Morgan fingerprint density at radius 1 is 1.45 bits per heavy atom. The quantitative estimate of drug-likeness (QED) is 0.894. The topological polar surface area (TPSA) is 79.4 Å². The SMILES string of the molecule is CNS(=O)(=O)c1ccc(C(=O)N2CCC2C(C)C)cn1. The van der Waals surface area contributed by atoms with E-state index in [1.165, 1.54) is 25.4 Å². The van der Waals surface area contributed by atoms with Crippen LogP contribution in [0.1, 0.15) is 30.6 Å². The van der Waals surface area contributed by atoms with Crippen molar-refractivity contribution in [1.29, 1.82) is 0 Å². The van der Waals surface area contributed by atoms with E-state index < -0.39 is 10.0 Å². The summed E-state index contributed by atoms with van der Waals surface area (Å²) in [5.41, 5.74) is 0.422. The fourth-order valence-electron chi connectivity index (χ4n) is 2.29. The van der Waals surface area contributed by atoms with E-state index in [9.17, 15) is 13.2 Å². The summed E-state index contributed by atoms with van der Waals surface area (Å²) in [5.74, 6) is 0.334. The molecule has 0 aromatic carbocycles. The monoisotopic (exact) mass is 297 g/mol. The maximum Gasteiger partial charge on any atom is 0.257 e. The average Bonchev–Trinajstić information content (AvgIpc) is 2.37. The number of nitrogens with zero attached hydrogens (tertiary/aromatic N) is 2. The van der Waals surface area contributed by atoms with Gasteiger partial charge in [0, 0.05) is 18.8 Å². The molecule has 6 nitrogen and oxygen atoms in total. The number of aromatic nitrogens is 1. The minimum atomic E-state index is -3.56. The lowest BCUT2D eigenvalue weighted by Crippen LogP contribution is -2.53. The van der Waals surface area contributed by atoms with E-state index >= 15 is 0 Å². The highest BCUT2D eigenvalue weighted by molar-refractivity contribution is 7.89. The van der Waals surface area contributed by atoms with E-state index in [0.717, 1.165) is 13.0 Å². The van der Waals surface area contributed by atoms with Gasteiger partial charge >= 0.3 is 0 Å². The maximum absolute atomic E-state index is 12.3. The zero-order chi connectivity index (χ0) is 14.9. The number of nitrogens with one attached hydrogen (secondary N) is 1. The Hall–Kier alpha value is -1.47. The van der Waals surface area contributed by atoms with Crippen molar-refractivity contribution in [1.82, 2.24) is 14.6 Å². The van der Waals surface area contributed by atoms with Crippen LogP contribution < -0.4 is 4.72 Å². The number of carbonyl (C=O) groups excluding carboxylic acids is 1. The Balaban J connectivity index is 2.17. The fourth-order valence-corrected chi connectivity index (χ4v) is 2.94. The third kappa shape index (κ3) is 2.69. The van der Waals surface area contributed by atoms with Crippen LogP contribution in [0.25, 0.3) is 0 Å². The molecule has 1 aliphatic rings. The van der Waals surface area contributed by atoms with Crippen LogP contribution in [0.2, 0.25) is 0 Å². The summed E-state index contributed by atoms with van der Waals surface area (Å²) in [6.45, 7) is 4.92. The lowest BCUT2D eigenvalue weighted by Gasteiger charge is -2.43. The van der Waals surface area contributed by atoms with Crippen LogP contribution in [0.4, 0.5) is 0 Å². The molecule has 1 saturated heterocycles. The molecule has 20 heavy (non-hydrogen) atoms. The molecule has 1 aromatic heterocycles. The molecule has 1 unspecified atom stereocenters. The highest BCUT2D eigenvalue weighted by Gasteiger charge is 2.34. The number of likely N-dealkylation sites (tertiary alicyclic amines) is 1. The van der Waals surface area contributed by atoms with E-state index in [1.54, 1.807) is 0 Å². The molecule has 1 N–H and O–H groups in total. The molecule has 0 radical (unpaired) electrons. The van der Waals surface area contributed by atoms with Gasteiger partial charge in [0.15, 0.2) is 5.03 Å². The Morgan fingerprint density at radius 2 is 2.15 bits per heavy atom. The highest BCUT2D eigenvalue weighted by atomic mass is 32.2. The van der Waals surface area contributed by atoms with Gasteiger partial charge < -0.3 is 4.90 Å². The van der Waals surface area contributed by atoms with Crippen molar-refractivity contribution in [2.45, 2.75) is 31.3 Å². The molecule has 1 amide bonds. The Bertz CT molecular complexity index is 596. The molecule has 0 spiro atoms. The van der Waals surface area contributed by atoms with Crippen LogP contribution in [0.3, 0.4) is 0 Å². The van der Waals surface area contributed by atoms with E-state index in [2.05, 4.69) is 23.6 Å². The third-order valence-corrected chi connectivity index (χ3v) is 4.95. The molecule has 110 valence electrons. The average molecular weight is 297 g/mol. The van der Waals surface area contributed by atoms with E-state index in [1.807, 2.05) is 4.90 Å². The Kier molecular flexibility index (Phi) is 4.10. The normalized spacial score (nSPS) is 19.0. The Labute approximate surface area is 119 Å². The summed E-state index contributed by atoms with van der Waals surface area (Å²) in [5, 5.41) is -0.0828. The molecule has 7 heteroatoms. The number of amides is 1. The van der Waals surface area contributed by atoms with E-state index in [0.29, 0.717) is 11.5 Å². The summed E-state index contributed by atoms with van der Waals surface area (Å²) < 4.78 is 25.3. The number of hydrogen-bond acceptors (Lipinski definition) is 4. The van der Waals surface area contributed by atoms with Gasteiger partial charge in [-0.3, -0.25) is 4.79 Å². The summed E-state index contributed by atoms with van der Waals surface area (Å²) in [7, 11) is -2.24. The van der Waals surface area contributed by atoms with Gasteiger partial charge in [0.05, 0.1) is 5.56 Å². The van der Waals surface area contributed by atoms with Gasteiger partial charge in [0.2, 0.25) is 0 Å². The van der Waals surface area contributed by atoms with Crippen LogP contribution in [0.5, 0.6) is 0 Å². The van der Waals surface area contributed by atoms with Gasteiger partial charge in [0.25, 0.3) is 15.9 Å². The molecule has 0 bridgehead atoms. The lowest BCUT2D eigenvalue weighted by molar-refractivity contribution is 0.0347. The van der Waals surface area contributed by atoms with Crippen molar-refractivity contribution >= 4 is 15.9 Å². The van der Waals surface area contributed by atoms with Crippen molar-refractivity contribution in [3.63, 3.8) is 0 Å². The van der Waals surface area contributed by atoms with Gasteiger partial charge in [-0.25, -0.2) is 18.1 Å². The van der Waals surface area contributed by atoms with Crippen LogP contribution in [-0.2, 0) is 10.0 Å². The van der Waals surface area contributed by atoms with Gasteiger partial charge in [-0.2, -0.15) is 0 Å². The minimum absolute atomic E-state index is 0.0828. The largest absolute Gasteiger partial charge is 0.335 e. The fraction of sp³-hybridized carbons (Fsp3) is 0.538. The predicted molar refractivity (Wildman–Crippen MR) is 74.8 cm³/mol. The number of pyridine rings is 1. The number of hydrogen-bond donors (Lipinski definition) is 1.